The topological polar surface area (TPSA) is 95.3 Å². The standard InChI is InChI=1S/C20H16F4N6O3/c1-32-11-2-4-25-13(6-11)17-27-28-18-14-9-33-8-10(7-29(17)18)30(14)19(31)12-3-5-26-16(15(12)21)20(22,23)24/h2-6,10,14H,7-9H2,1H3/t10-,14+/m0/s1. The highest BCUT2D eigenvalue weighted by Crippen LogP contribution is 2.37. The quantitative estimate of drug-likeness (QED) is 0.550. The van der Waals surface area contributed by atoms with Gasteiger partial charge in [-0.3, -0.25) is 9.78 Å². The minimum atomic E-state index is -5.03. The number of carbonyl (C=O) groups excluding carboxylic acids is 1. The average Bonchev–Trinajstić information content (AvgIpc) is 3.21. The first kappa shape index (κ1) is 21.2. The fraction of sp³-hybridized carbons (Fsp3) is 0.350. The molecule has 33 heavy (non-hydrogen) atoms. The van der Waals surface area contributed by atoms with E-state index in [0.29, 0.717) is 23.1 Å². The lowest BCUT2D eigenvalue weighted by molar-refractivity contribution is -0.143. The van der Waals surface area contributed by atoms with Crippen molar-refractivity contribution in [3.63, 3.8) is 0 Å². The van der Waals surface area contributed by atoms with E-state index < -0.39 is 41.2 Å². The first-order chi connectivity index (χ1) is 15.8. The predicted octanol–water partition coefficient (Wildman–Crippen LogP) is 2.50. The van der Waals surface area contributed by atoms with Crippen molar-refractivity contribution in [3.05, 3.63) is 53.5 Å². The maximum Gasteiger partial charge on any atom is 0.436 e. The number of rotatable bonds is 3. The van der Waals surface area contributed by atoms with Crippen LogP contribution < -0.4 is 4.74 Å². The summed E-state index contributed by atoms with van der Waals surface area (Å²) >= 11 is 0. The van der Waals surface area contributed by atoms with Crippen LogP contribution in [0.25, 0.3) is 11.5 Å². The van der Waals surface area contributed by atoms with Crippen molar-refractivity contribution < 1.29 is 31.8 Å². The van der Waals surface area contributed by atoms with Gasteiger partial charge >= 0.3 is 6.18 Å². The number of fused-ring (bicyclic) bond motifs is 4. The van der Waals surface area contributed by atoms with Gasteiger partial charge in [0, 0.05) is 25.0 Å². The van der Waals surface area contributed by atoms with Crippen molar-refractivity contribution in [2.45, 2.75) is 24.8 Å². The van der Waals surface area contributed by atoms with Crippen LogP contribution in [0.2, 0.25) is 0 Å². The number of hydrogen-bond acceptors (Lipinski definition) is 7. The fourth-order valence-electron chi connectivity index (χ4n) is 4.13. The second kappa shape index (κ2) is 7.76. The molecule has 2 aliphatic rings. The van der Waals surface area contributed by atoms with Crippen molar-refractivity contribution in [2.24, 2.45) is 0 Å². The van der Waals surface area contributed by atoms with Crippen LogP contribution in [0.3, 0.4) is 0 Å². The number of alkyl halides is 3. The summed E-state index contributed by atoms with van der Waals surface area (Å²) in [6.45, 7) is 0.339. The molecule has 3 aromatic heterocycles. The van der Waals surface area contributed by atoms with Gasteiger partial charge in [0.05, 0.1) is 31.9 Å². The summed E-state index contributed by atoms with van der Waals surface area (Å²) < 4.78 is 66.5. The highest BCUT2D eigenvalue weighted by Gasteiger charge is 2.45. The maximum atomic E-state index is 14.6. The summed E-state index contributed by atoms with van der Waals surface area (Å²) in [5.74, 6) is -1.22. The SMILES string of the molecule is COc1ccnc(-c2nnc3n2C[C@H]2COC[C@H]3N2C(=O)c2ccnc(C(F)(F)F)c2F)c1. The molecular formula is C20H16F4N6O3. The molecule has 0 aliphatic carbocycles. The summed E-state index contributed by atoms with van der Waals surface area (Å²) in [7, 11) is 1.52. The molecule has 2 aliphatic heterocycles. The van der Waals surface area contributed by atoms with Crippen molar-refractivity contribution in [3.8, 4) is 17.3 Å². The zero-order valence-electron chi connectivity index (χ0n) is 17.1. The van der Waals surface area contributed by atoms with Crippen molar-refractivity contribution in [1.82, 2.24) is 29.6 Å². The highest BCUT2D eigenvalue weighted by molar-refractivity contribution is 5.95. The van der Waals surface area contributed by atoms with E-state index in [-0.39, 0.29) is 19.8 Å². The molecule has 172 valence electrons. The van der Waals surface area contributed by atoms with Gasteiger partial charge in [0.2, 0.25) is 0 Å². The van der Waals surface area contributed by atoms with Crippen LogP contribution >= 0.6 is 0 Å². The van der Waals surface area contributed by atoms with E-state index in [4.69, 9.17) is 9.47 Å². The van der Waals surface area contributed by atoms with E-state index in [1.54, 1.807) is 22.9 Å². The molecule has 1 saturated heterocycles. The van der Waals surface area contributed by atoms with Crippen molar-refractivity contribution in [2.75, 3.05) is 20.3 Å². The van der Waals surface area contributed by atoms with Crippen LogP contribution in [-0.4, -0.2) is 61.9 Å². The lowest BCUT2D eigenvalue weighted by Gasteiger charge is -2.45. The normalized spacial score (nSPS) is 19.8. The number of halogens is 4. The lowest BCUT2D eigenvalue weighted by atomic mass is 10.0. The number of pyridine rings is 2. The van der Waals surface area contributed by atoms with Crippen LogP contribution in [0.5, 0.6) is 5.75 Å². The molecule has 0 unspecified atom stereocenters. The van der Waals surface area contributed by atoms with Gasteiger partial charge in [-0.15, -0.1) is 10.2 Å². The minimum absolute atomic E-state index is 0.0325. The summed E-state index contributed by atoms with van der Waals surface area (Å²) in [4.78, 5) is 21.9. The Hall–Kier alpha value is -3.61. The number of aromatic nitrogens is 5. The fourth-order valence-corrected chi connectivity index (χ4v) is 4.13. The molecule has 0 saturated carbocycles. The molecule has 2 atom stereocenters. The first-order valence-corrected chi connectivity index (χ1v) is 9.85. The molecule has 9 nitrogen and oxygen atoms in total. The van der Waals surface area contributed by atoms with E-state index in [1.165, 1.54) is 12.0 Å². The second-order valence-electron chi connectivity index (χ2n) is 7.51. The molecule has 0 radical (unpaired) electrons. The molecular weight excluding hydrogens is 448 g/mol. The zero-order valence-corrected chi connectivity index (χ0v) is 17.1. The number of morpholine rings is 1. The molecule has 13 heteroatoms. The van der Waals surface area contributed by atoms with Crippen molar-refractivity contribution in [1.29, 1.82) is 0 Å². The molecule has 1 fully saturated rings. The second-order valence-corrected chi connectivity index (χ2v) is 7.51. The molecule has 0 aromatic carbocycles. The van der Waals surface area contributed by atoms with Gasteiger partial charge in [0.15, 0.2) is 23.2 Å². The van der Waals surface area contributed by atoms with Crippen LogP contribution in [0, 0.1) is 5.82 Å². The van der Waals surface area contributed by atoms with Gasteiger partial charge in [-0.2, -0.15) is 13.2 Å². The van der Waals surface area contributed by atoms with Crippen LogP contribution in [0.1, 0.15) is 27.9 Å². The van der Waals surface area contributed by atoms with E-state index in [1.807, 2.05) is 0 Å². The van der Waals surface area contributed by atoms with Crippen molar-refractivity contribution >= 4 is 5.91 Å². The van der Waals surface area contributed by atoms with Gasteiger partial charge in [-0.25, -0.2) is 9.37 Å². The Kier molecular flexibility index (Phi) is 5.00. The number of nitrogens with zero attached hydrogens (tertiary/aromatic N) is 6. The summed E-state index contributed by atoms with van der Waals surface area (Å²) in [5.41, 5.74) is -1.94. The van der Waals surface area contributed by atoms with Gasteiger partial charge in [-0.1, -0.05) is 0 Å². The summed E-state index contributed by atoms with van der Waals surface area (Å²) in [5, 5.41) is 8.39. The van der Waals surface area contributed by atoms with Gasteiger partial charge < -0.3 is 18.9 Å². The monoisotopic (exact) mass is 464 g/mol. The Labute approximate surface area is 184 Å². The van der Waals surface area contributed by atoms with Gasteiger partial charge in [0.1, 0.15) is 17.5 Å². The third-order valence-electron chi connectivity index (χ3n) is 5.60. The zero-order chi connectivity index (χ0) is 23.3. The molecule has 0 spiro atoms. The van der Waals surface area contributed by atoms with Crippen LogP contribution in [0.4, 0.5) is 17.6 Å². The third-order valence-corrected chi connectivity index (χ3v) is 5.60. The molecule has 5 rings (SSSR count). The molecule has 2 bridgehead atoms. The Balaban J connectivity index is 1.54. The number of amides is 1. The Morgan fingerprint density at radius 1 is 1.18 bits per heavy atom. The van der Waals surface area contributed by atoms with Crippen LogP contribution in [-0.2, 0) is 17.5 Å². The Bertz CT molecular complexity index is 1230. The van der Waals surface area contributed by atoms with E-state index >= 15 is 0 Å². The Morgan fingerprint density at radius 2 is 1.97 bits per heavy atom. The number of methoxy groups -OCH3 is 1. The molecule has 0 N–H and O–H groups in total. The third kappa shape index (κ3) is 3.48. The minimum Gasteiger partial charge on any atom is -0.497 e. The largest absolute Gasteiger partial charge is 0.497 e. The van der Waals surface area contributed by atoms with E-state index in [9.17, 15) is 22.4 Å². The van der Waals surface area contributed by atoms with Gasteiger partial charge in [0.25, 0.3) is 5.91 Å². The molecule has 1 amide bonds. The number of hydrogen-bond donors (Lipinski definition) is 0. The average molecular weight is 464 g/mol. The highest BCUT2D eigenvalue weighted by atomic mass is 19.4. The number of carbonyl (C=O) groups is 1. The maximum absolute atomic E-state index is 14.6. The lowest BCUT2D eigenvalue weighted by Crippen LogP contribution is -2.56. The molecule has 3 aromatic rings. The predicted molar refractivity (Wildman–Crippen MR) is 103 cm³/mol. The van der Waals surface area contributed by atoms with E-state index in [2.05, 4.69) is 20.2 Å². The van der Waals surface area contributed by atoms with E-state index in [0.717, 1.165) is 12.3 Å². The smallest absolute Gasteiger partial charge is 0.436 e. The van der Waals surface area contributed by atoms with Crippen LogP contribution in [0.15, 0.2) is 30.6 Å². The Morgan fingerprint density at radius 3 is 2.73 bits per heavy atom. The first-order valence-electron chi connectivity index (χ1n) is 9.85. The summed E-state index contributed by atoms with van der Waals surface area (Å²) in [6.07, 6.45) is -2.70. The molecule has 5 heterocycles. The van der Waals surface area contributed by atoms with Gasteiger partial charge in [-0.05, 0) is 12.1 Å². The number of ether oxygens (including phenoxy) is 2. The summed E-state index contributed by atoms with van der Waals surface area (Å²) in [6, 6.07) is 2.96.